The minimum absolute atomic E-state index is 0.129. The van der Waals surface area contributed by atoms with E-state index in [1.54, 1.807) is 6.07 Å². The van der Waals surface area contributed by atoms with Crippen LogP contribution in [0.2, 0.25) is 10.0 Å². The van der Waals surface area contributed by atoms with Crippen LogP contribution in [-0.4, -0.2) is 78.1 Å². The van der Waals surface area contributed by atoms with Gasteiger partial charge in [-0.1, -0.05) is 59.6 Å². The number of amides is 1. The van der Waals surface area contributed by atoms with Crippen molar-refractivity contribution in [2.24, 2.45) is 0 Å². The number of benzene rings is 2. The zero-order chi connectivity index (χ0) is 22.8. The summed E-state index contributed by atoms with van der Waals surface area (Å²) in [5, 5.41) is 1.01. The van der Waals surface area contributed by atoms with E-state index in [4.69, 9.17) is 27.9 Å². The Balaban J connectivity index is 1.39. The first kappa shape index (κ1) is 23.1. The first-order valence-corrected chi connectivity index (χ1v) is 12.7. The molecule has 3 atom stereocenters. The summed E-state index contributed by atoms with van der Waals surface area (Å²) in [5.74, 6) is 0.161. The molecule has 5 rings (SSSR count). The lowest BCUT2D eigenvalue weighted by Crippen LogP contribution is -2.71. The van der Waals surface area contributed by atoms with E-state index < -0.39 is 0 Å². The summed E-state index contributed by atoms with van der Waals surface area (Å²) in [6.07, 6.45) is 2.78. The molecule has 3 heterocycles. The van der Waals surface area contributed by atoms with Crippen molar-refractivity contribution in [3.8, 4) is 0 Å². The van der Waals surface area contributed by atoms with Gasteiger partial charge in [0.15, 0.2) is 0 Å². The molecule has 3 fully saturated rings. The minimum Gasteiger partial charge on any atom is -0.378 e. The van der Waals surface area contributed by atoms with Gasteiger partial charge in [0.25, 0.3) is 0 Å². The molecule has 3 aliphatic heterocycles. The second-order valence-electron chi connectivity index (χ2n) is 9.37. The van der Waals surface area contributed by atoms with E-state index in [1.807, 2.05) is 12.1 Å². The van der Waals surface area contributed by atoms with Crippen LogP contribution in [-0.2, 0) is 22.5 Å². The summed E-state index contributed by atoms with van der Waals surface area (Å²) >= 11 is 12.3. The largest absolute Gasteiger partial charge is 0.378 e. The van der Waals surface area contributed by atoms with Gasteiger partial charge in [0.05, 0.1) is 47.8 Å². The number of hydrogen-bond acceptors (Lipinski definition) is 4. The Labute approximate surface area is 206 Å². The number of carbonyl (C=O) groups is 1. The molecule has 0 radical (unpaired) electrons. The second kappa shape index (κ2) is 10.3. The molecular formula is C26H31Cl2N3O2. The van der Waals surface area contributed by atoms with E-state index >= 15 is 0 Å². The van der Waals surface area contributed by atoms with Gasteiger partial charge in [-0.05, 0) is 49.2 Å². The van der Waals surface area contributed by atoms with Gasteiger partial charge in [0, 0.05) is 19.6 Å². The number of halogens is 2. The zero-order valence-electron chi connectivity index (χ0n) is 18.8. The van der Waals surface area contributed by atoms with Crippen LogP contribution in [0.1, 0.15) is 24.0 Å². The lowest BCUT2D eigenvalue weighted by atomic mass is 9.90. The SMILES string of the molecule is O=C(Cc1ccc(Cl)c(Cl)c1)N1CCN(Cc2ccccc2)C2COC[C@H](N3CCCC3)[C@H]21. The standard InChI is InChI=1S/C26H31Cl2N3O2/c27-21-9-8-20(14-22(21)28)15-25(32)31-13-12-30(16-19-6-2-1-3-7-19)24-18-33-17-23(26(24)31)29-10-4-5-11-29/h1-3,6-9,14,23-24,26H,4-5,10-13,15-18H2/t23-,24?,26+/m0/s1. The van der Waals surface area contributed by atoms with Crippen molar-refractivity contribution >= 4 is 29.1 Å². The summed E-state index contributed by atoms with van der Waals surface area (Å²) in [4.78, 5) is 20.8. The average molecular weight is 488 g/mol. The highest BCUT2D eigenvalue weighted by Gasteiger charge is 2.47. The number of likely N-dealkylation sites (tertiary alicyclic amines) is 1. The number of fused-ring (bicyclic) bond motifs is 1. The van der Waals surface area contributed by atoms with E-state index in [0.717, 1.165) is 38.3 Å². The third-order valence-corrected chi connectivity index (χ3v) is 8.06. The molecule has 0 N–H and O–H groups in total. The predicted octanol–water partition coefficient (Wildman–Crippen LogP) is 4.11. The third kappa shape index (κ3) is 5.08. The fourth-order valence-electron chi connectivity index (χ4n) is 5.68. The van der Waals surface area contributed by atoms with Crippen LogP contribution in [0.15, 0.2) is 48.5 Å². The van der Waals surface area contributed by atoms with Gasteiger partial charge in [-0.3, -0.25) is 14.6 Å². The van der Waals surface area contributed by atoms with E-state index in [2.05, 4.69) is 45.0 Å². The van der Waals surface area contributed by atoms with Gasteiger partial charge in [-0.25, -0.2) is 0 Å². The van der Waals surface area contributed by atoms with Crippen LogP contribution in [0.5, 0.6) is 0 Å². The lowest BCUT2D eigenvalue weighted by molar-refractivity contribution is -0.153. The Morgan fingerprint density at radius 3 is 2.39 bits per heavy atom. The molecule has 1 amide bonds. The van der Waals surface area contributed by atoms with E-state index in [1.165, 1.54) is 18.4 Å². The maximum Gasteiger partial charge on any atom is 0.227 e. The van der Waals surface area contributed by atoms with Crippen molar-refractivity contribution in [1.29, 1.82) is 0 Å². The van der Waals surface area contributed by atoms with Crippen molar-refractivity contribution in [2.45, 2.75) is 43.9 Å². The Hall–Kier alpha value is -1.63. The normalized spacial score (nSPS) is 26.4. The Bertz CT molecular complexity index is 967. The summed E-state index contributed by atoms with van der Waals surface area (Å²) in [5.41, 5.74) is 2.21. The van der Waals surface area contributed by atoms with Crippen LogP contribution >= 0.6 is 23.2 Å². The van der Waals surface area contributed by atoms with E-state index in [9.17, 15) is 4.79 Å². The maximum atomic E-state index is 13.6. The molecule has 0 aliphatic carbocycles. The molecule has 7 heteroatoms. The monoisotopic (exact) mass is 487 g/mol. The highest BCUT2D eigenvalue weighted by atomic mass is 35.5. The zero-order valence-corrected chi connectivity index (χ0v) is 20.3. The smallest absolute Gasteiger partial charge is 0.227 e. The topological polar surface area (TPSA) is 36.0 Å². The molecule has 0 aromatic heterocycles. The number of hydrogen-bond donors (Lipinski definition) is 0. The summed E-state index contributed by atoms with van der Waals surface area (Å²) < 4.78 is 6.15. The summed E-state index contributed by atoms with van der Waals surface area (Å²) in [6, 6.07) is 16.6. The van der Waals surface area contributed by atoms with Gasteiger partial charge in [-0.2, -0.15) is 0 Å². The number of carbonyl (C=O) groups excluding carboxylic acids is 1. The third-order valence-electron chi connectivity index (χ3n) is 7.32. The molecule has 0 saturated carbocycles. The van der Waals surface area contributed by atoms with Crippen LogP contribution in [0, 0.1) is 0 Å². The van der Waals surface area contributed by atoms with Crippen LogP contribution in [0.25, 0.3) is 0 Å². The lowest BCUT2D eigenvalue weighted by Gasteiger charge is -2.54. The molecular weight excluding hydrogens is 457 g/mol. The first-order chi connectivity index (χ1) is 16.1. The molecule has 0 spiro atoms. The Morgan fingerprint density at radius 1 is 0.879 bits per heavy atom. The van der Waals surface area contributed by atoms with Gasteiger partial charge >= 0.3 is 0 Å². The molecule has 176 valence electrons. The summed E-state index contributed by atoms with van der Waals surface area (Å²) in [6.45, 7) is 6.00. The summed E-state index contributed by atoms with van der Waals surface area (Å²) in [7, 11) is 0. The number of rotatable bonds is 5. The van der Waals surface area contributed by atoms with Crippen molar-refractivity contribution < 1.29 is 9.53 Å². The molecule has 3 saturated heterocycles. The highest BCUT2D eigenvalue weighted by Crippen LogP contribution is 2.31. The molecule has 5 nitrogen and oxygen atoms in total. The van der Waals surface area contributed by atoms with E-state index in [0.29, 0.717) is 29.7 Å². The maximum absolute atomic E-state index is 13.6. The second-order valence-corrected chi connectivity index (χ2v) is 10.2. The van der Waals surface area contributed by atoms with E-state index in [-0.39, 0.29) is 24.0 Å². The van der Waals surface area contributed by atoms with Crippen molar-refractivity contribution in [1.82, 2.24) is 14.7 Å². The van der Waals surface area contributed by atoms with Crippen molar-refractivity contribution in [3.63, 3.8) is 0 Å². The minimum atomic E-state index is 0.129. The van der Waals surface area contributed by atoms with Crippen LogP contribution in [0.3, 0.4) is 0 Å². The van der Waals surface area contributed by atoms with Gasteiger partial charge in [-0.15, -0.1) is 0 Å². The fourth-order valence-corrected chi connectivity index (χ4v) is 6.00. The van der Waals surface area contributed by atoms with Crippen LogP contribution in [0.4, 0.5) is 0 Å². The van der Waals surface area contributed by atoms with Crippen molar-refractivity contribution in [3.05, 3.63) is 69.7 Å². The predicted molar refractivity (Wildman–Crippen MR) is 132 cm³/mol. The van der Waals surface area contributed by atoms with Crippen LogP contribution < -0.4 is 0 Å². The van der Waals surface area contributed by atoms with Gasteiger partial charge < -0.3 is 9.64 Å². The molecule has 0 bridgehead atoms. The Kier molecular flexibility index (Phi) is 7.24. The molecule has 2 aromatic rings. The molecule has 3 aliphatic rings. The highest BCUT2D eigenvalue weighted by molar-refractivity contribution is 6.42. The first-order valence-electron chi connectivity index (χ1n) is 11.9. The molecule has 1 unspecified atom stereocenters. The quantitative estimate of drug-likeness (QED) is 0.635. The molecule has 33 heavy (non-hydrogen) atoms. The number of nitrogens with zero attached hydrogens (tertiary/aromatic N) is 3. The number of piperazine rings is 1. The number of ether oxygens (including phenoxy) is 1. The van der Waals surface area contributed by atoms with Gasteiger partial charge in [0.2, 0.25) is 5.91 Å². The van der Waals surface area contributed by atoms with Gasteiger partial charge in [0.1, 0.15) is 0 Å². The van der Waals surface area contributed by atoms with Crippen molar-refractivity contribution in [2.75, 3.05) is 39.4 Å². The Morgan fingerprint density at radius 2 is 1.64 bits per heavy atom. The fraction of sp³-hybridized carbons (Fsp3) is 0.500. The average Bonchev–Trinajstić information content (AvgIpc) is 3.37. The molecule has 2 aromatic carbocycles.